The lowest BCUT2D eigenvalue weighted by Crippen LogP contribution is -2.16. The standard InChI is InChI=1S/C7H8O4/c1-2-3-4-5-11-7(10)6(8)9/h4-5H2,1H3,(H,8,9). The smallest absolute Gasteiger partial charge is 0.417 e. The number of esters is 1. The fourth-order valence-electron chi connectivity index (χ4n) is 0.381. The quantitative estimate of drug-likeness (QED) is 0.265. The topological polar surface area (TPSA) is 63.6 Å². The summed E-state index contributed by atoms with van der Waals surface area (Å²) in [5.74, 6) is 2.40. The Morgan fingerprint density at radius 1 is 1.55 bits per heavy atom. The van der Waals surface area contributed by atoms with Gasteiger partial charge in [0.05, 0.1) is 0 Å². The van der Waals surface area contributed by atoms with Crippen LogP contribution in [0.1, 0.15) is 13.3 Å². The Labute approximate surface area is 64.2 Å². The summed E-state index contributed by atoms with van der Waals surface area (Å²) in [6.07, 6.45) is 0.371. The number of carbonyl (C=O) groups is 2. The van der Waals surface area contributed by atoms with Gasteiger partial charge in [0.25, 0.3) is 0 Å². The zero-order chi connectivity index (χ0) is 8.69. The van der Waals surface area contributed by atoms with E-state index in [1.165, 1.54) is 0 Å². The van der Waals surface area contributed by atoms with Crippen molar-refractivity contribution < 1.29 is 19.4 Å². The molecule has 11 heavy (non-hydrogen) atoms. The molecule has 0 bridgehead atoms. The molecule has 0 aliphatic heterocycles. The highest BCUT2D eigenvalue weighted by Gasteiger charge is 2.11. The van der Waals surface area contributed by atoms with Crippen molar-refractivity contribution in [2.75, 3.05) is 6.61 Å². The highest BCUT2D eigenvalue weighted by atomic mass is 16.6. The van der Waals surface area contributed by atoms with Crippen molar-refractivity contribution in [1.29, 1.82) is 0 Å². The Hall–Kier alpha value is -1.50. The average molecular weight is 156 g/mol. The number of hydrogen-bond acceptors (Lipinski definition) is 3. The fourth-order valence-corrected chi connectivity index (χ4v) is 0.381. The summed E-state index contributed by atoms with van der Waals surface area (Å²) in [4.78, 5) is 20.1. The highest BCUT2D eigenvalue weighted by molar-refractivity contribution is 6.28. The number of carboxylic acids is 1. The van der Waals surface area contributed by atoms with Crippen molar-refractivity contribution in [3.8, 4) is 11.8 Å². The Morgan fingerprint density at radius 3 is 2.64 bits per heavy atom. The van der Waals surface area contributed by atoms with Crippen molar-refractivity contribution in [3.63, 3.8) is 0 Å². The molecule has 0 aliphatic carbocycles. The first-order valence-corrected chi connectivity index (χ1v) is 2.98. The van der Waals surface area contributed by atoms with E-state index in [-0.39, 0.29) is 6.61 Å². The molecule has 0 spiro atoms. The maximum Gasteiger partial charge on any atom is 0.417 e. The third-order valence-electron chi connectivity index (χ3n) is 0.812. The number of aliphatic carboxylic acids is 1. The van der Waals surface area contributed by atoms with E-state index in [1.54, 1.807) is 6.92 Å². The third-order valence-corrected chi connectivity index (χ3v) is 0.812. The van der Waals surface area contributed by atoms with Gasteiger partial charge in [0.2, 0.25) is 0 Å². The second-order valence-corrected chi connectivity index (χ2v) is 1.62. The highest BCUT2D eigenvalue weighted by Crippen LogP contribution is 1.82. The number of hydrogen-bond donors (Lipinski definition) is 1. The Kier molecular flexibility index (Phi) is 4.58. The molecule has 0 fully saturated rings. The predicted molar refractivity (Wildman–Crippen MR) is 36.7 cm³/mol. The van der Waals surface area contributed by atoms with Gasteiger partial charge >= 0.3 is 11.9 Å². The van der Waals surface area contributed by atoms with Gasteiger partial charge in [0.15, 0.2) is 0 Å². The predicted octanol–water partition coefficient (Wildman–Crippen LogP) is 0.0276. The number of carboxylic acid groups (broad SMARTS) is 1. The molecule has 4 heteroatoms. The molecule has 0 radical (unpaired) electrons. The lowest BCUT2D eigenvalue weighted by Gasteiger charge is -1.95. The Balaban J connectivity index is 3.45. The molecule has 0 heterocycles. The van der Waals surface area contributed by atoms with Gasteiger partial charge in [-0.1, -0.05) is 0 Å². The van der Waals surface area contributed by atoms with E-state index in [0.29, 0.717) is 6.42 Å². The van der Waals surface area contributed by atoms with E-state index in [4.69, 9.17) is 5.11 Å². The molecule has 0 aromatic rings. The molecule has 0 atom stereocenters. The monoisotopic (exact) mass is 156 g/mol. The largest absolute Gasteiger partial charge is 0.473 e. The molecule has 0 aromatic carbocycles. The average Bonchev–Trinajstić information content (AvgIpc) is 1.97. The van der Waals surface area contributed by atoms with Crippen LogP contribution in [-0.4, -0.2) is 23.7 Å². The molecule has 0 rings (SSSR count). The third kappa shape index (κ3) is 4.97. The lowest BCUT2D eigenvalue weighted by atomic mass is 10.4. The SMILES string of the molecule is CC#CCCOC(=O)C(=O)O. The number of carbonyl (C=O) groups excluding carboxylic acids is 1. The Bertz CT molecular complexity index is 208. The van der Waals surface area contributed by atoms with E-state index in [0.717, 1.165) is 0 Å². The minimum absolute atomic E-state index is 0.0337. The summed E-state index contributed by atoms with van der Waals surface area (Å²) in [7, 11) is 0. The van der Waals surface area contributed by atoms with Crippen molar-refractivity contribution in [1.82, 2.24) is 0 Å². The molecule has 1 N–H and O–H groups in total. The van der Waals surface area contributed by atoms with Crippen molar-refractivity contribution in [2.45, 2.75) is 13.3 Å². The minimum Gasteiger partial charge on any atom is -0.473 e. The second-order valence-electron chi connectivity index (χ2n) is 1.62. The molecule has 60 valence electrons. The van der Waals surface area contributed by atoms with Gasteiger partial charge in [0.1, 0.15) is 6.61 Å². The molecule has 0 unspecified atom stereocenters. The van der Waals surface area contributed by atoms with Crippen molar-refractivity contribution in [3.05, 3.63) is 0 Å². The molecule has 0 saturated carbocycles. The van der Waals surface area contributed by atoms with E-state index in [1.807, 2.05) is 0 Å². The van der Waals surface area contributed by atoms with E-state index in [9.17, 15) is 9.59 Å². The van der Waals surface area contributed by atoms with Crippen LogP contribution in [-0.2, 0) is 14.3 Å². The summed E-state index contributed by atoms with van der Waals surface area (Å²) in [5, 5.41) is 8.03. The van der Waals surface area contributed by atoms with Gasteiger partial charge in [-0.2, -0.15) is 0 Å². The summed E-state index contributed by atoms with van der Waals surface area (Å²) in [5.41, 5.74) is 0. The molecule has 0 amide bonds. The molecular formula is C7H8O4. The normalized spacial score (nSPS) is 7.73. The van der Waals surface area contributed by atoms with Crippen LogP contribution < -0.4 is 0 Å². The molecule has 4 nitrogen and oxygen atoms in total. The van der Waals surface area contributed by atoms with Crippen LogP contribution in [0.15, 0.2) is 0 Å². The number of rotatable bonds is 2. The van der Waals surface area contributed by atoms with Crippen LogP contribution in [0.3, 0.4) is 0 Å². The van der Waals surface area contributed by atoms with Gasteiger partial charge in [-0.15, -0.1) is 11.8 Å². The van der Waals surface area contributed by atoms with Gasteiger partial charge in [-0.3, -0.25) is 0 Å². The Morgan fingerprint density at radius 2 is 2.18 bits per heavy atom. The summed E-state index contributed by atoms with van der Waals surface area (Å²) in [6.45, 7) is 1.69. The zero-order valence-corrected chi connectivity index (χ0v) is 6.09. The molecule has 0 saturated heterocycles. The van der Waals surface area contributed by atoms with Crippen LogP contribution in [0.25, 0.3) is 0 Å². The van der Waals surface area contributed by atoms with Crippen LogP contribution >= 0.6 is 0 Å². The van der Waals surface area contributed by atoms with Crippen LogP contribution in [0.2, 0.25) is 0 Å². The lowest BCUT2D eigenvalue weighted by molar-refractivity contribution is -0.163. The molecular weight excluding hydrogens is 148 g/mol. The van der Waals surface area contributed by atoms with Crippen LogP contribution in [0.4, 0.5) is 0 Å². The van der Waals surface area contributed by atoms with Crippen LogP contribution in [0, 0.1) is 11.8 Å². The van der Waals surface area contributed by atoms with Gasteiger partial charge in [0, 0.05) is 6.42 Å². The maximum absolute atomic E-state index is 10.2. The van der Waals surface area contributed by atoms with E-state index >= 15 is 0 Å². The van der Waals surface area contributed by atoms with E-state index in [2.05, 4.69) is 16.6 Å². The zero-order valence-electron chi connectivity index (χ0n) is 6.09. The first kappa shape index (κ1) is 9.50. The first-order valence-electron chi connectivity index (χ1n) is 2.98. The minimum atomic E-state index is -1.57. The van der Waals surface area contributed by atoms with Crippen molar-refractivity contribution in [2.24, 2.45) is 0 Å². The maximum atomic E-state index is 10.2. The van der Waals surface area contributed by atoms with Crippen LogP contribution in [0.5, 0.6) is 0 Å². The molecule has 0 aliphatic rings. The summed E-state index contributed by atoms with van der Waals surface area (Å²) in [6, 6.07) is 0. The van der Waals surface area contributed by atoms with E-state index < -0.39 is 11.9 Å². The second kappa shape index (κ2) is 5.30. The summed E-state index contributed by atoms with van der Waals surface area (Å²) >= 11 is 0. The molecule has 0 aromatic heterocycles. The fraction of sp³-hybridized carbons (Fsp3) is 0.429. The van der Waals surface area contributed by atoms with Gasteiger partial charge in [-0.05, 0) is 6.92 Å². The first-order chi connectivity index (χ1) is 5.18. The van der Waals surface area contributed by atoms with Gasteiger partial charge in [-0.25, -0.2) is 9.59 Å². The number of ether oxygens (including phenoxy) is 1. The van der Waals surface area contributed by atoms with Crippen molar-refractivity contribution >= 4 is 11.9 Å². The summed E-state index contributed by atoms with van der Waals surface area (Å²) < 4.78 is 4.26. The van der Waals surface area contributed by atoms with Gasteiger partial charge < -0.3 is 9.84 Å².